The maximum atomic E-state index is 6.00. The summed E-state index contributed by atoms with van der Waals surface area (Å²) in [5.41, 5.74) is 0. The summed E-state index contributed by atoms with van der Waals surface area (Å²) in [5, 5.41) is 3.22. The van der Waals surface area contributed by atoms with Gasteiger partial charge in [-0.3, -0.25) is 0 Å². The van der Waals surface area contributed by atoms with Gasteiger partial charge in [-0.2, -0.15) is 0 Å². The molecule has 19 heavy (non-hydrogen) atoms. The van der Waals surface area contributed by atoms with Crippen molar-refractivity contribution in [1.82, 2.24) is 5.32 Å². The van der Waals surface area contributed by atoms with Crippen LogP contribution < -0.4 is 14.8 Å². The van der Waals surface area contributed by atoms with E-state index in [0.717, 1.165) is 21.7 Å². The van der Waals surface area contributed by atoms with Gasteiger partial charge in [0, 0.05) is 0 Å². The summed E-state index contributed by atoms with van der Waals surface area (Å²) in [4.78, 5) is 0. The highest BCUT2D eigenvalue weighted by molar-refractivity contribution is 9.10. The zero-order valence-corrected chi connectivity index (χ0v) is 12.0. The molecule has 5 heteroatoms. The van der Waals surface area contributed by atoms with Crippen LogP contribution in [0.2, 0.25) is 0 Å². The SMILES string of the molecule is CNC(c1occc1Br)C1COc2ccccc2O1. The van der Waals surface area contributed by atoms with Crippen molar-refractivity contribution in [2.75, 3.05) is 13.7 Å². The second-order valence-electron chi connectivity index (χ2n) is 4.31. The molecule has 1 aromatic carbocycles. The van der Waals surface area contributed by atoms with Crippen LogP contribution >= 0.6 is 15.9 Å². The number of fused-ring (bicyclic) bond motifs is 1. The quantitative estimate of drug-likeness (QED) is 0.942. The zero-order chi connectivity index (χ0) is 13.2. The number of hydrogen-bond acceptors (Lipinski definition) is 4. The van der Waals surface area contributed by atoms with Crippen LogP contribution in [0.5, 0.6) is 11.5 Å². The number of halogens is 1. The van der Waals surface area contributed by atoms with E-state index in [0.29, 0.717) is 6.61 Å². The molecule has 0 spiro atoms. The van der Waals surface area contributed by atoms with Crippen LogP contribution in [0.3, 0.4) is 0 Å². The van der Waals surface area contributed by atoms with Gasteiger partial charge in [-0.15, -0.1) is 0 Å². The van der Waals surface area contributed by atoms with E-state index >= 15 is 0 Å². The monoisotopic (exact) mass is 323 g/mol. The molecule has 4 nitrogen and oxygen atoms in total. The summed E-state index contributed by atoms with van der Waals surface area (Å²) in [5.74, 6) is 2.37. The van der Waals surface area contributed by atoms with Gasteiger partial charge in [0.1, 0.15) is 18.4 Å². The van der Waals surface area contributed by atoms with Crippen molar-refractivity contribution in [2.45, 2.75) is 12.1 Å². The summed E-state index contributed by atoms with van der Waals surface area (Å²) in [6.07, 6.45) is 1.52. The fourth-order valence-electron chi connectivity index (χ4n) is 2.21. The van der Waals surface area contributed by atoms with Gasteiger partial charge in [-0.25, -0.2) is 0 Å². The van der Waals surface area contributed by atoms with E-state index in [4.69, 9.17) is 13.9 Å². The van der Waals surface area contributed by atoms with E-state index in [9.17, 15) is 0 Å². The van der Waals surface area contributed by atoms with Gasteiger partial charge in [-0.05, 0) is 41.2 Å². The van der Waals surface area contributed by atoms with Gasteiger partial charge >= 0.3 is 0 Å². The molecule has 1 aliphatic rings. The number of para-hydroxylation sites is 2. The molecule has 0 saturated carbocycles. The Kier molecular flexibility index (Phi) is 3.48. The summed E-state index contributed by atoms with van der Waals surface area (Å²) in [6.45, 7) is 0.482. The van der Waals surface area contributed by atoms with Crippen LogP contribution in [0.25, 0.3) is 0 Å². The molecule has 0 saturated heterocycles. The first-order valence-electron chi connectivity index (χ1n) is 6.08. The van der Waals surface area contributed by atoms with Gasteiger partial charge in [0.15, 0.2) is 17.6 Å². The predicted octanol–water partition coefficient (Wildman–Crippen LogP) is 3.14. The standard InChI is InChI=1S/C14H14BrNO3/c1-16-13(14-9(15)6-7-17-14)12-8-18-10-4-2-3-5-11(10)19-12/h2-7,12-13,16H,8H2,1H3. The summed E-state index contributed by atoms with van der Waals surface area (Å²) in [7, 11) is 1.88. The van der Waals surface area contributed by atoms with Gasteiger partial charge in [0.05, 0.1) is 10.7 Å². The van der Waals surface area contributed by atoms with Crippen molar-refractivity contribution >= 4 is 15.9 Å². The minimum Gasteiger partial charge on any atom is -0.486 e. The highest BCUT2D eigenvalue weighted by atomic mass is 79.9. The van der Waals surface area contributed by atoms with E-state index in [-0.39, 0.29) is 12.1 Å². The largest absolute Gasteiger partial charge is 0.486 e. The molecule has 100 valence electrons. The first-order valence-corrected chi connectivity index (χ1v) is 6.87. The van der Waals surface area contributed by atoms with Crippen LogP contribution in [-0.2, 0) is 0 Å². The average molecular weight is 324 g/mol. The third-order valence-electron chi connectivity index (χ3n) is 3.14. The molecule has 1 N–H and O–H groups in total. The molecule has 2 aromatic rings. The van der Waals surface area contributed by atoms with Gasteiger partial charge in [-0.1, -0.05) is 12.1 Å². The third kappa shape index (κ3) is 2.35. The Morgan fingerprint density at radius 1 is 1.26 bits per heavy atom. The third-order valence-corrected chi connectivity index (χ3v) is 3.80. The number of ether oxygens (including phenoxy) is 2. The Balaban J connectivity index is 1.85. The van der Waals surface area contributed by atoms with Crippen molar-refractivity contribution in [3.63, 3.8) is 0 Å². The molecule has 1 aliphatic heterocycles. The summed E-state index contributed by atoms with van der Waals surface area (Å²) in [6, 6.07) is 9.48. The van der Waals surface area contributed by atoms with E-state index in [1.807, 2.05) is 37.4 Å². The number of hydrogen-bond donors (Lipinski definition) is 1. The fraction of sp³-hybridized carbons (Fsp3) is 0.286. The zero-order valence-electron chi connectivity index (χ0n) is 10.4. The van der Waals surface area contributed by atoms with E-state index in [1.165, 1.54) is 0 Å². The number of benzene rings is 1. The predicted molar refractivity (Wildman–Crippen MR) is 74.6 cm³/mol. The van der Waals surface area contributed by atoms with E-state index in [1.54, 1.807) is 6.26 Å². The lowest BCUT2D eigenvalue weighted by Crippen LogP contribution is -2.40. The lowest BCUT2D eigenvalue weighted by atomic mass is 10.1. The van der Waals surface area contributed by atoms with Crippen LogP contribution in [0.15, 0.2) is 45.5 Å². The number of furan rings is 1. The van der Waals surface area contributed by atoms with E-state index < -0.39 is 0 Å². The molecule has 2 heterocycles. The first kappa shape index (κ1) is 12.6. The van der Waals surface area contributed by atoms with Gasteiger partial charge in [0.25, 0.3) is 0 Å². The molecule has 3 rings (SSSR count). The molecule has 0 amide bonds. The van der Waals surface area contributed by atoms with Crippen molar-refractivity contribution in [2.24, 2.45) is 0 Å². The molecule has 0 aliphatic carbocycles. The maximum absolute atomic E-state index is 6.00. The Hall–Kier alpha value is -1.46. The second-order valence-corrected chi connectivity index (χ2v) is 5.17. The molecular weight excluding hydrogens is 310 g/mol. The summed E-state index contributed by atoms with van der Waals surface area (Å²) < 4.78 is 18.2. The van der Waals surface area contributed by atoms with Gasteiger partial charge < -0.3 is 19.2 Å². The Morgan fingerprint density at radius 3 is 2.74 bits per heavy atom. The minimum absolute atomic E-state index is 0.0715. The molecule has 2 unspecified atom stereocenters. The molecule has 0 radical (unpaired) electrons. The average Bonchev–Trinajstić information content (AvgIpc) is 2.86. The van der Waals surface area contributed by atoms with Crippen LogP contribution in [-0.4, -0.2) is 19.8 Å². The second kappa shape index (κ2) is 5.27. The molecule has 2 atom stereocenters. The van der Waals surface area contributed by atoms with Crippen LogP contribution in [0.4, 0.5) is 0 Å². The molecule has 0 bridgehead atoms. The number of likely N-dealkylation sites (N-methyl/N-ethyl adjacent to an activating group) is 1. The normalized spacial score (nSPS) is 19.2. The van der Waals surface area contributed by atoms with Crippen molar-refractivity contribution in [1.29, 1.82) is 0 Å². The molecular formula is C14H14BrNO3. The number of nitrogens with one attached hydrogen (secondary N) is 1. The number of rotatable bonds is 3. The van der Waals surface area contributed by atoms with Gasteiger partial charge in [0.2, 0.25) is 0 Å². The minimum atomic E-state index is -0.137. The van der Waals surface area contributed by atoms with Crippen molar-refractivity contribution < 1.29 is 13.9 Å². The van der Waals surface area contributed by atoms with E-state index in [2.05, 4.69) is 21.2 Å². The highest BCUT2D eigenvalue weighted by Gasteiger charge is 2.32. The maximum Gasteiger partial charge on any atom is 0.161 e. The smallest absolute Gasteiger partial charge is 0.161 e. The van der Waals surface area contributed by atoms with Crippen molar-refractivity contribution in [3.05, 3.63) is 46.8 Å². The Morgan fingerprint density at radius 2 is 2.05 bits per heavy atom. The Bertz CT molecular complexity index is 569. The lowest BCUT2D eigenvalue weighted by molar-refractivity contribution is 0.0575. The van der Waals surface area contributed by atoms with Crippen LogP contribution in [0.1, 0.15) is 11.8 Å². The lowest BCUT2D eigenvalue weighted by Gasteiger charge is -2.31. The molecule has 0 fully saturated rings. The Labute approximate surface area is 119 Å². The first-order chi connectivity index (χ1) is 9.29. The fourth-order valence-corrected chi connectivity index (χ4v) is 2.66. The molecule has 1 aromatic heterocycles. The van der Waals surface area contributed by atoms with Crippen LogP contribution in [0, 0.1) is 0 Å². The highest BCUT2D eigenvalue weighted by Crippen LogP contribution is 2.35. The topological polar surface area (TPSA) is 43.6 Å². The van der Waals surface area contributed by atoms with Crippen molar-refractivity contribution in [3.8, 4) is 11.5 Å². The summed E-state index contributed by atoms with van der Waals surface area (Å²) >= 11 is 3.48.